The van der Waals surface area contributed by atoms with Crippen LogP contribution in [0.2, 0.25) is 5.02 Å². The highest BCUT2D eigenvalue weighted by atomic mass is 79.9. The van der Waals surface area contributed by atoms with E-state index in [1.807, 2.05) is 20.8 Å². The molecule has 94 valence electrons. The van der Waals surface area contributed by atoms with E-state index >= 15 is 0 Å². The quantitative estimate of drug-likeness (QED) is 0.754. The van der Waals surface area contributed by atoms with E-state index < -0.39 is 10.2 Å². The summed E-state index contributed by atoms with van der Waals surface area (Å²) in [6.45, 7) is 5.54. The van der Waals surface area contributed by atoms with Gasteiger partial charge in [-0.1, -0.05) is 48.3 Å². The average Bonchev–Trinajstić information content (AvgIpc) is 2.21. The van der Waals surface area contributed by atoms with Crippen molar-refractivity contribution < 1.29 is 9.18 Å². The third-order valence-corrected chi connectivity index (χ3v) is 3.41. The molecule has 1 nitrogen and oxygen atoms in total. The zero-order chi connectivity index (χ0) is 13.2. The van der Waals surface area contributed by atoms with Gasteiger partial charge in [0.2, 0.25) is 0 Å². The third-order valence-electron chi connectivity index (χ3n) is 2.43. The second kappa shape index (κ2) is 5.49. The highest BCUT2D eigenvalue weighted by molar-refractivity contribution is 9.10. The minimum Gasteiger partial charge on any atom is -0.298 e. The Balaban J connectivity index is 2.85. The number of Topliss-reactive ketones (excluding diaryl/α,β-unsaturated/α-hetero) is 1. The zero-order valence-corrected chi connectivity index (χ0v) is 12.4. The summed E-state index contributed by atoms with van der Waals surface area (Å²) >= 11 is 9.12. The molecule has 0 fully saturated rings. The van der Waals surface area contributed by atoms with Crippen LogP contribution in [0.3, 0.4) is 0 Å². The number of hydrogen-bond donors (Lipinski definition) is 0. The van der Waals surface area contributed by atoms with Crippen LogP contribution in [0.15, 0.2) is 18.2 Å². The molecule has 1 aromatic carbocycles. The Morgan fingerprint density at radius 1 is 1.47 bits per heavy atom. The molecule has 0 aliphatic rings. The maximum absolute atomic E-state index is 13.5. The summed E-state index contributed by atoms with van der Waals surface area (Å²) in [7, 11) is 0. The van der Waals surface area contributed by atoms with Gasteiger partial charge in [-0.15, -0.1) is 0 Å². The van der Waals surface area contributed by atoms with E-state index in [2.05, 4.69) is 15.9 Å². The molecular weight excluding hydrogens is 306 g/mol. The smallest absolute Gasteiger partial charge is 0.152 e. The largest absolute Gasteiger partial charge is 0.298 e. The zero-order valence-electron chi connectivity index (χ0n) is 10.1. The van der Waals surface area contributed by atoms with Gasteiger partial charge in [0.05, 0.1) is 4.83 Å². The van der Waals surface area contributed by atoms with Gasteiger partial charge >= 0.3 is 0 Å². The first-order chi connectivity index (χ1) is 7.71. The Kier molecular flexibility index (Phi) is 4.73. The van der Waals surface area contributed by atoms with Crippen molar-refractivity contribution in [2.45, 2.75) is 32.0 Å². The van der Waals surface area contributed by atoms with Crippen LogP contribution < -0.4 is 0 Å². The highest BCUT2D eigenvalue weighted by Crippen LogP contribution is 2.25. The number of alkyl halides is 1. The molecule has 0 aliphatic heterocycles. The number of benzene rings is 1. The lowest BCUT2D eigenvalue weighted by atomic mass is 9.87. The van der Waals surface area contributed by atoms with E-state index in [1.165, 1.54) is 12.1 Å². The fourth-order valence-electron chi connectivity index (χ4n) is 1.46. The van der Waals surface area contributed by atoms with Gasteiger partial charge in [0.15, 0.2) is 5.78 Å². The fourth-order valence-corrected chi connectivity index (χ4v) is 2.69. The molecule has 1 atom stereocenters. The molecule has 0 saturated carbocycles. The van der Waals surface area contributed by atoms with Gasteiger partial charge in [0.1, 0.15) is 5.82 Å². The maximum Gasteiger partial charge on any atom is 0.152 e. The molecule has 0 saturated heterocycles. The van der Waals surface area contributed by atoms with Crippen molar-refractivity contribution in [3.05, 3.63) is 34.6 Å². The number of hydrogen-bond acceptors (Lipinski definition) is 1. The Morgan fingerprint density at radius 3 is 2.59 bits per heavy atom. The van der Waals surface area contributed by atoms with Crippen LogP contribution in [0.1, 0.15) is 26.3 Å². The normalized spacial score (nSPS) is 13.5. The van der Waals surface area contributed by atoms with Crippen LogP contribution in [0.25, 0.3) is 0 Å². The summed E-state index contributed by atoms with van der Waals surface area (Å²) in [6, 6.07) is 4.37. The van der Waals surface area contributed by atoms with Crippen molar-refractivity contribution in [1.82, 2.24) is 0 Å². The number of carbonyl (C=O) groups excluding carboxylic acids is 1. The van der Waals surface area contributed by atoms with Crippen molar-refractivity contribution in [3.63, 3.8) is 0 Å². The lowest BCUT2D eigenvalue weighted by Gasteiger charge is -2.20. The van der Waals surface area contributed by atoms with E-state index in [9.17, 15) is 9.18 Å². The predicted molar refractivity (Wildman–Crippen MR) is 72.3 cm³/mol. The molecule has 1 unspecified atom stereocenters. The van der Waals surface area contributed by atoms with Crippen LogP contribution in [0.4, 0.5) is 4.39 Å². The van der Waals surface area contributed by atoms with E-state index in [0.29, 0.717) is 17.0 Å². The number of rotatable bonds is 3. The van der Waals surface area contributed by atoms with Crippen molar-refractivity contribution in [2.24, 2.45) is 5.41 Å². The van der Waals surface area contributed by atoms with Crippen molar-refractivity contribution >= 4 is 33.3 Å². The van der Waals surface area contributed by atoms with Crippen LogP contribution in [-0.4, -0.2) is 10.6 Å². The van der Waals surface area contributed by atoms with Crippen molar-refractivity contribution in [1.29, 1.82) is 0 Å². The molecule has 1 rings (SSSR count). The first-order valence-corrected chi connectivity index (χ1v) is 6.63. The van der Waals surface area contributed by atoms with E-state index in [4.69, 9.17) is 11.6 Å². The van der Waals surface area contributed by atoms with Crippen LogP contribution >= 0.6 is 27.5 Å². The standard InChI is InChI=1S/C13H15BrClFO/c1-13(2,3)12(17)10(14)7-8-6-9(15)4-5-11(8)16/h4-6,10H,7H2,1-3H3. The molecule has 0 spiro atoms. The molecule has 4 heteroatoms. The summed E-state index contributed by atoms with van der Waals surface area (Å²) in [6.07, 6.45) is 0.308. The van der Waals surface area contributed by atoms with E-state index in [0.717, 1.165) is 0 Å². The molecule has 1 aromatic rings. The summed E-state index contributed by atoms with van der Waals surface area (Å²) in [5.74, 6) is -0.280. The van der Waals surface area contributed by atoms with Gasteiger partial charge in [-0.05, 0) is 30.2 Å². The second-order valence-electron chi connectivity index (χ2n) is 5.02. The van der Waals surface area contributed by atoms with Crippen molar-refractivity contribution in [3.8, 4) is 0 Å². The predicted octanol–water partition coefficient (Wildman–Crippen LogP) is 4.40. The molecule has 17 heavy (non-hydrogen) atoms. The molecule has 0 heterocycles. The maximum atomic E-state index is 13.5. The molecule has 0 N–H and O–H groups in total. The first-order valence-electron chi connectivity index (χ1n) is 5.34. The summed E-state index contributed by atoms with van der Waals surface area (Å²) in [4.78, 5) is 11.6. The van der Waals surface area contributed by atoms with Gasteiger partial charge in [-0.2, -0.15) is 0 Å². The Labute approximate surface area is 114 Å². The molecular formula is C13H15BrClFO. The first kappa shape index (κ1) is 14.7. The second-order valence-corrected chi connectivity index (χ2v) is 6.56. The summed E-state index contributed by atoms with van der Waals surface area (Å²) in [5, 5.41) is 0.476. The minimum atomic E-state index is -0.441. The fraction of sp³-hybridized carbons (Fsp3) is 0.462. The van der Waals surface area contributed by atoms with Gasteiger partial charge in [-0.3, -0.25) is 4.79 Å². The van der Waals surface area contributed by atoms with Crippen molar-refractivity contribution in [2.75, 3.05) is 0 Å². The Morgan fingerprint density at radius 2 is 2.06 bits per heavy atom. The topological polar surface area (TPSA) is 17.1 Å². The number of ketones is 1. The summed E-state index contributed by atoms with van der Waals surface area (Å²) in [5.41, 5.74) is 0.0143. The lowest BCUT2D eigenvalue weighted by Crippen LogP contribution is -2.30. The number of halogens is 3. The van der Waals surface area contributed by atoms with Gasteiger partial charge in [-0.25, -0.2) is 4.39 Å². The summed E-state index contributed by atoms with van der Waals surface area (Å²) < 4.78 is 13.5. The Bertz CT molecular complexity index is 426. The molecule has 0 amide bonds. The molecule has 0 bridgehead atoms. The SMILES string of the molecule is CC(C)(C)C(=O)C(Br)Cc1cc(Cl)ccc1F. The van der Waals surface area contributed by atoms with Crippen LogP contribution in [0.5, 0.6) is 0 Å². The molecule has 0 radical (unpaired) electrons. The number of carbonyl (C=O) groups is 1. The Hall–Kier alpha value is -0.410. The van der Waals surface area contributed by atoms with Gasteiger partial charge in [0, 0.05) is 10.4 Å². The van der Waals surface area contributed by atoms with Gasteiger partial charge in [0.25, 0.3) is 0 Å². The van der Waals surface area contributed by atoms with Gasteiger partial charge < -0.3 is 0 Å². The molecule has 0 aliphatic carbocycles. The lowest BCUT2D eigenvalue weighted by molar-refractivity contribution is -0.125. The van der Waals surface area contributed by atoms with E-state index in [-0.39, 0.29) is 11.6 Å². The minimum absolute atomic E-state index is 0.0527. The highest BCUT2D eigenvalue weighted by Gasteiger charge is 2.28. The van der Waals surface area contributed by atoms with E-state index in [1.54, 1.807) is 6.07 Å². The van der Waals surface area contributed by atoms with Crippen LogP contribution in [0, 0.1) is 11.2 Å². The average molecular weight is 322 g/mol. The van der Waals surface area contributed by atoms with Crippen LogP contribution in [-0.2, 0) is 11.2 Å². The molecule has 0 aromatic heterocycles. The third kappa shape index (κ3) is 4.07. The monoisotopic (exact) mass is 320 g/mol.